The van der Waals surface area contributed by atoms with Gasteiger partial charge in [0.25, 0.3) is 0 Å². The Morgan fingerprint density at radius 3 is 1.89 bits per heavy atom. The molecule has 0 aliphatic heterocycles. The van der Waals surface area contributed by atoms with Gasteiger partial charge in [-0.15, -0.1) is 0 Å². The van der Waals surface area contributed by atoms with Crippen molar-refractivity contribution in [3.63, 3.8) is 0 Å². The van der Waals surface area contributed by atoms with Crippen LogP contribution in [-0.2, 0) is 23.9 Å². The predicted molar refractivity (Wildman–Crippen MR) is 97.7 cm³/mol. The quantitative estimate of drug-likeness (QED) is 0.355. The normalized spacial score (nSPS) is 16.4. The van der Waals surface area contributed by atoms with Gasteiger partial charge < -0.3 is 25.6 Å². The SMILES string of the molecule is CCOC(=O)[C@@H](O)CC(=O)N[C@H](C(=O)N[C@H](C(=O)O)[C@@H](C)CC)[C@@H](C)CC. The van der Waals surface area contributed by atoms with E-state index in [2.05, 4.69) is 15.4 Å². The predicted octanol–water partition coefficient (Wildman–Crippen LogP) is 0.447. The Kier molecular flexibility index (Phi) is 11.3. The second-order valence-electron chi connectivity index (χ2n) is 6.61. The van der Waals surface area contributed by atoms with E-state index in [4.69, 9.17) is 0 Å². The van der Waals surface area contributed by atoms with Crippen LogP contribution in [0.4, 0.5) is 0 Å². The maximum absolute atomic E-state index is 12.6. The van der Waals surface area contributed by atoms with Crippen LogP contribution in [0.1, 0.15) is 53.9 Å². The first-order chi connectivity index (χ1) is 12.6. The number of hydrogen-bond acceptors (Lipinski definition) is 6. The third-order valence-corrected chi connectivity index (χ3v) is 4.53. The van der Waals surface area contributed by atoms with E-state index in [-0.39, 0.29) is 18.4 Å². The molecular formula is C18H32N2O7. The minimum atomic E-state index is -1.63. The number of carboxylic acids is 1. The van der Waals surface area contributed by atoms with Crippen molar-refractivity contribution < 1.29 is 34.1 Å². The molecule has 2 amide bonds. The highest BCUT2D eigenvalue weighted by Gasteiger charge is 2.32. The first-order valence-electron chi connectivity index (χ1n) is 9.26. The summed E-state index contributed by atoms with van der Waals surface area (Å²) in [5, 5.41) is 24.0. The van der Waals surface area contributed by atoms with Crippen LogP contribution in [0, 0.1) is 11.8 Å². The van der Waals surface area contributed by atoms with Gasteiger partial charge in [0.15, 0.2) is 6.10 Å². The molecule has 0 aromatic heterocycles. The van der Waals surface area contributed by atoms with Gasteiger partial charge in [0, 0.05) is 0 Å². The molecule has 0 aliphatic carbocycles. The molecule has 9 heteroatoms. The minimum Gasteiger partial charge on any atom is -0.480 e. The lowest BCUT2D eigenvalue weighted by molar-refractivity contribution is -0.155. The highest BCUT2D eigenvalue weighted by atomic mass is 16.5. The molecule has 0 bridgehead atoms. The van der Waals surface area contributed by atoms with Crippen LogP contribution in [0.25, 0.3) is 0 Å². The zero-order chi connectivity index (χ0) is 21.1. The second kappa shape index (κ2) is 12.3. The molecule has 5 atom stereocenters. The summed E-state index contributed by atoms with van der Waals surface area (Å²) in [7, 11) is 0. The summed E-state index contributed by atoms with van der Waals surface area (Å²) in [6, 6.07) is -2.06. The average Bonchev–Trinajstić information content (AvgIpc) is 2.62. The first-order valence-corrected chi connectivity index (χ1v) is 9.26. The molecule has 0 fully saturated rings. The van der Waals surface area contributed by atoms with Crippen molar-refractivity contribution in [1.82, 2.24) is 10.6 Å². The number of carbonyl (C=O) groups excluding carboxylic acids is 3. The summed E-state index contributed by atoms with van der Waals surface area (Å²) in [5.41, 5.74) is 0. The van der Waals surface area contributed by atoms with Gasteiger partial charge in [0.1, 0.15) is 12.1 Å². The summed E-state index contributed by atoms with van der Waals surface area (Å²) >= 11 is 0. The van der Waals surface area contributed by atoms with E-state index in [1.54, 1.807) is 20.8 Å². The summed E-state index contributed by atoms with van der Waals surface area (Å²) in [4.78, 5) is 47.6. The largest absolute Gasteiger partial charge is 0.480 e. The monoisotopic (exact) mass is 388 g/mol. The van der Waals surface area contributed by atoms with Crippen molar-refractivity contribution in [2.45, 2.75) is 72.1 Å². The number of carbonyl (C=O) groups is 4. The lowest BCUT2D eigenvalue weighted by Crippen LogP contribution is -2.55. The summed E-state index contributed by atoms with van der Waals surface area (Å²) in [6.45, 7) is 8.74. The second-order valence-corrected chi connectivity index (χ2v) is 6.61. The summed E-state index contributed by atoms with van der Waals surface area (Å²) < 4.78 is 4.63. The number of nitrogens with one attached hydrogen (secondary N) is 2. The average molecular weight is 388 g/mol. The lowest BCUT2D eigenvalue weighted by atomic mass is 9.95. The van der Waals surface area contributed by atoms with Crippen LogP contribution in [-0.4, -0.2) is 58.8 Å². The number of amides is 2. The van der Waals surface area contributed by atoms with Crippen molar-refractivity contribution in [2.75, 3.05) is 6.61 Å². The van der Waals surface area contributed by atoms with Gasteiger partial charge in [-0.25, -0.2) is 9.59 Å². The maximum Gasteiger partial charge on any atom is 0.335 e. The Balaban J connectivity index is 5.11. The molecule has 9 nitrogen and oxygen atoms in total. The van der Waals surface area contributed by atoms with Crippen molar-refractivity contribution in [1.29, 1.82) is 0 Å². The van der Waals surface area contributed by atoms with E-state index in [0.29, 0.717) is 12.8 Å². The molecule has 0 saturated heterocycles. The molecule has 4 N–H and O–H groups in total. The first kappa shape index (κ1) is 24.8. The third kappa shape index (κ3) is 8.38. The van der Waals surface area contributed by atoms with Gasteiger partial charge in [-0.05, 0) is 18.8 Å². The van der Waals surface area contributed by atoms with Crippen molar-refractivity contribution in [3.05, 3.63) is 0 Å². The van der Waals surface area contributed by atoms with Gasteiger partial charge in [-0.2, -0.15) is 0 Å². The third-order valence-electron chi connectivity index (χ3n) is 4.53. The number of hydrogen-bond donors (Lipinski definition) is 4. The highest BCUT2D eigenvalue weighted by Crippen LogP contribution is 2.12. The van der Waals surface area contributed by atoms with E-state index < -0.39 is 48.4 Å². The van der Waals surface area contributed by atoms with Crippen LogP contribution in [0.15, 0.2) is 0 Å². The molecule has 0 spiro atoms. The molecule has 156 valence electrons. The number of aliphatic carboxylic acids is 1. The van der Waals surface area contributed by atoms with E-state index in [0.717, 1.165) is 0 Å². The molecule has 0 radical (unpaired) electrons. The minimum absolute atomic E-state index is 0.0710. The van der Waals surface area contributed by atoms with Crippen molar-refractivity contribution >= 4 is 23.8 Å². The zero-order valence-electron chi connectivity index (χ0n) is 16.7. The number of ether oxygens (including phenoxy) is 1. The molecular weight excluding hydrogens is 356 g/mol. The highest BCUT2D eigenvalue weighted by molar-refractivity contribution is 5.92. The maximum atomic E-state index is 12.6. The number of carboxylic acid groups (broad SMARTS) is 1. The molecule has 0 rings (SSSR count). The molecule has 0 aromatic rings. The standard InChI is InChI=1S/C18H32N2O7/c1-6-10(4)14(16(23)20-15(17(24)25)11(5)7-2)19-13(22)9-12(21)18(26)27-8-3/h10-12,14-15,21H,6-9H2,1-5H3,(H,19,22)(H,20,23)(H,24,25)/t10-,11-,12-,14-,15-/m0/s1. The Labute approximate surface area is 159 Å². The van der Waals surface area contributed by atoms with Crippen molar-refractivity contribution in [2.24, 2.45) is 11.8 Å². The number of rotatable bonds is 12. The van der Waals surface area contributed by atoms with Crippen LogP contribution in [0.3, 0.4) is 0 Å². The van der Waals surface area contributed by atoms with Gasteiger partial charge >= 0.3 is 11.9 Å². The van der Waals surface area contributed by atoms with E-state index in [9.17, 15) is 29.4 Å². The Bertz CT molecular complexity index is 524. The molecule has 0 unspecified atom stereocenters. The molecule has 0 aromatic carbocycles. The van der Waals surface area contributed by atoms with Gasteiger partial charge in [-0.3, -0.25) is 9.59 Å². The molecule has 0 heterocycles. The van der Waals surface area contributed by atoms with E-state index in [1.807, 2.05) is 13.8 Å². The molecule has 0 aliphatic rings. The fourth-order valence-electron chi connectivity index (χ4n) is 2.36. The van der Waals surface area contributed by atoms with Gasteiger partial charge in [0.2, 0.25) is 11.8 Å². The number of aliphatic hydroxyl groups excluding tert-OH is 1. The Hall–Kier alpha value is -2.16. The Morgan fingerprint density at radius 2 is 1.44 bits per heavy atom. The summed E-state index contributed by atoms with van der Waals surface area (Å²) in [6.07, 6.45) is -1.06. The van der Waals surface area contributed by atoms with E-state index >= 15 is 0 Å². The van der Waals surface area contributed by atoms with Crippen LogP contribution >= 0.6 is 0 Å². The van der Waals surface area contributed by atoms with Gasteiger partial charge in [-0.1, -0.05) is 40.5 Å². The van der Waals surface area contributed by atoms with Crippen LogP contribution in [0.5, 0.6) is 0 Å². The van der Waals surface area contributed by atoms with Crippen LogP contribution in [0.2, 0.25) is 0 Å². The fourth-order valence-corrected chi connectivity index (χ4v) is 2.36. The number of aliphatic hydroxyl groups is 1. The van der Waals surface area contributed by atoms with Crippen molar-refractivity contribution in [3.8, 4) is 0 Å². The lowest BCUT2D eigenvalue weighted by Gasteiger charge is -2.27. The molecule has 0 saturated carbocycles. The smallest absolute Gasteiger partial charge is 0.335 e. The number of esters is 1. The fraction of sp³-hybridized carbons (Fsp3) is 0.778. The van der Waals surface area contributed by atoms with E-state index in [1.165, 1.54) is 0 Å². The molecule has 27 heavy (non-hydrogen) atoms. The van der Waals surface area contributed by atoms with Gasteiger partial charge in [0.05, 0.1) is 13.0 Å². The van der Waals surface area contributed by atoms with Crippen LogP contribution < -0.4 is 10.6 Å². The Morgan fingerprint density at radius 1 is 0.926 bits per heavy atom. The zero-order valence-corrected chi connectivity index (χ0v) is 16.7. The topological polar surface area (TPSA) is 142 Å². The summed E-state index contributed by atoms with van der Waals surface area (Å²) in [5.74, 6) is -3.95.